The average molecular weight is 793 g/mol. The maximum Gasteiger partial charge on any atom is 0.338 e. The van der Waals surface area contributed by atoms with Crippen LogP contribution in [-0.2, 0) is 16.1 Å². The van der Waals surface area contributed by atoms with Gasteiger partial charge in [0.15, 0.2) is 4.80 Å². The molecule has 2 aromatic heterocycles. The van der Waals surface area contributed by atoms with Crippen LogP contribution in [0.25, 0.3) is 6.08 Å². The minimum atomic E-state index is -0.593. The highest BCUT2D eigenvalue weighted by molar-refractivity contribution is 14.1. The molecule has 1 aliphatic heterocycles. The predicted octanol–water partition coefficient (Wildman–Crippen LogP) is 5.52. The maximum atomic E-state index is 13.8. The Morgan fingerprint density at radius 2 is 1.95 bits per heavy atom. The van der Waals surface area contributed by atoms with Crippen LogP contribution in [0.3, 0.4) is 0 Å². The van der Waals surface area contributed by atoms with Crippen LogP contribution in [0.4, 0.5) is 0 Å². The molecule has 202 valence electrons. The zero-order valence-electron chi connectivity index (χ0n) is 21.3. The van der Waals surface area contributed by atoms with E-state index in [1.54, 1.807) is 24.5 Å². The molecular weight excluding hydrogens is 772 g/mol. The number of aromatic nitrogens is 1. The van der Waals surface area contributed by atoms with Gasteiger partial charge in [-0.3, -0.25) is 9.36 Å². The Balaban J connectivity index is 1.53. The molecule has 1 atom stereocenters. The molecule has 0 saturated heterocycles. The summed E-state index contributed by atoms with van der Waals surface area (Å²) < 4.78 is 15.3. The molecule has 40 heavy (non-hydrogen) atoms. The first kappa shape index (κ1) is 28.7. The number of rotatable bonds is 7. The van der Waals surface area contributed by atoms with Gasteiger partial charge in [-0.1, -0.05) is 35.6 Å². The van der Waals surface area contributed by atoms with Gasteiger partial charge in [0.05, 0.1) is 41.2 Å². The number of thiophene rings is 1. The number of benzene rings is 2. The highest BCUT2D eigenvalue weighted by Crippen LogP contribution is 2.33. The van der Waals surface area contributed by atoms with Crippen molar-refractivity contribution >= 4 is 79.9 Å². The van der Waals surface area contributed by atoms with E-state index in [1.807, 2.05) is 53.9 Å². The Morgan fingerprint density at radius 3 is 2.62 bits per heavy atom. The van der Waals surface area contributed by atoms with E-state index in [-0.39, 0.29) is 18.8 Å². The monoisotopic (exact) mass is 793 g/mol. The van der Waals surface area contributed by atoms with Gasteiger partial charge >= 0.3 is 5.97 Å². The number of carbonyl (C=O) groups is 1. The number of nitriles is 1. The lowest BCUT2D eigenvalue weighted by Crippen LogP contribution is -2.39. The van der Waals surface area contributed by atoms with Gasteiger partial charge in [0.25, 0.3) is 5.56 Å². The van der Waals surface area contributed by atoms with Crippen LogP contribution in [0.5, 0.6) is 5.75 Å². The zero-order valence-corrected chi connectivity index (χ0v) is 27.3. The molecule has 3 heterocycles. The summed E-state index contributed by atoms with van der Waals surface area (Å²) in [5, 5.41) is 11.3. The van der Waals surface area contributed by atoms with Crippen molar-refractivity contribution in [3.05, 3.63) is 114 Å². The van der Waals surface area contributed by atoms with Crippen LogP contribution in [-0.4, -0.2) is 17.1 Å². The fraction of sp³-hybridized carbons (Fsp3) is 0.172. The number of hydrogen-bond acceptors (Lipinski definition) is 8. The van der Waals surface area contributed by atoms with Crippen molar-refractivity contribution in [1.82, 2.24) is 4.57 Å². The third kappa shape index (κ3) is 5.67. The second kappa shape index (κ2) is 12.4. The van der Waals surface area contributed by atoms with Crippen molar-refractivity contribution in [2.75, 3.05) is 6.61 Å². The number of ether oxygens (including phenoxy) is 2. The van der Waals surface area contributed by atoms with Gasteiger partial charge < -0.3 is 9.47 Å². The molecular formula is C29H21I2N3O4S2. The highest BCUT2D eigenvalue weighted by Gasteiger charge is 2.33. The van der Waals surface area contributed by atoms with Gasteiger partial charge in [0, 0.05) is 10.4 Å². The molecule has 5 rings (SSSR count). The first-order valence-corrected chi connectivity index (χ1v) is 16.0. The zero-order chi connectivity index (χ0) is 28.4. The summed E-state index contributed by atoms with van der Waals surface area (Å²) in [6.07, 6.45) is 1.85. The van der Waals surface area contributed by atoms with E-state index in [0.717, 1.165) is 28.9 Å². The Labute approximate surface area is 265 Å². The Morgan fingerprint density at radius 1 is 1.20 bits per heavy atom. The Bertz CT molecular complexity index is 1840. The van der Waals surface area contributed by atoms with Gasteiger partial charge in [-0.05, 0) is 100 Å². The molecule has 0 aliphatic carbocycles. The quantitative estimate of drug-likeness (QED) is 0.182. The van der Waals surface area contributed by atoms with E-state index in [4.69, 9.17) is 9.47 Å². The fourth-order valence-corrected chi connectivity index (χ4v) is 8.36. The molecule has 0 amide bonds. The van der Waals surface area contributed by atoms with Crippen molar-refractivity contribution in [1.29, 1.82) is 5.26 Å². The lowest BCUT2D eigenvalue weighted by Gasteiger charge is -2.23. The Kier molecular flexibility index (Phi) is 8.89. The van der Waals surface area contributed by atoms with Crippen molar-refractivity contribution < 1.29 is 14.3 Å². The van der Waals surface area contributed by atoms with Crippen LogP contribution in [0, 0.1) is 18.5 Å². The Hall–Kier alpha value is -2.80. The summed E-state index contributed by atoms with van der Waals surface area (Å²) in [6, 6.07) is 16.7. The highest BCUT2D eigenvalue weighted by atomic mass is 127. The van der Waals surface area contributed by atoms with Crippen molar-refractivity contribution in [3.63, 3.8) is 0 Å². The number of halogens is 2. The molecule has 2 aromatic carbocycles. The van der Waals surface area contributed by atoms with Gasteiger partial charge in [-0.15, -0.1) is 11.3 Å². The minimum Gasteiger partial charge on any atom is -0.487 e. The van der Waals surface area contributed by atoms with Gasteiger partial charge in [0.1, 0.15) is 18.4 Å². The largest absolute Gasteiger partial charge is 0.487 e. The van der Waals surface area contributed by atoms with Gasteiger partial charge in [-0.2, -0.15) is 5.26 Å². The molecule has 0 fully saturated rings. The van der Waals surface area contributed by atoms with Gasteiger partial charge in [-0.25, -0.2) is 9.79 Å². The fourth-order valence-electron chi connectivity index (χ4n) is 4.36. The van der Waals surface area contributed by atoms with Crippen molar-refractivity contribution in [3.8, 4) is 11.8 Å². The van der Waals surface area contributed by atoms with E-state index < -0.39 is 12.0 Å². The number of hydrogen-bond donors (Lipinski definition) is 0. The van der Waals surface area contributed by atoms with Crippen molar-refractivity contribution in [2.45, 2.75) is 26.5 Å². The topological polar surface area (TPSA) is 93.7 Å². The molecule has 0 saturated carbocycles. The van der Waals surface area contributed by atoms with Crippen molar-refractivity contribution in [2.24, 2.45) is 4.99 Å². The third-order valence-corrected chi connectivity index (χ3v) is 9.67. The summed E-state index contributed by atoms with van der Waals surface area (Å²) >= 11 is 7.22. The van der Waals surface area contributed by atoms with E-state index in [1.165, 1.54) is 22.7 Å². The maximum absolute atomic E-state index is 13.8. The van der Waals surface area contributed by atoms with E-state index >= 15 is 0 Å². The second-order valence-corrected chi connectivity index (χ2v) is 13.0. The van der Waals surface area contributed by atoms with E-state index in [2.05, 4.69) is 56.2 Å². The lowest BCUT2D eigenvalue weighted by molar-refractivity contribution is -0.139. The average Bonchev–Trinajstić information content (AvgIpc) is 3.56. The molecule has 0 spiro atoms. The number of carbonyl (C=O) groups excluding carboxylic acids is 1. The molecule has 1 aliphatic rings. The summed E-state index contributed by atoms with van der Waals surface area (Å²) in [6.45, 7) is 4.05. The van der Waals surface area contributed by atoms with Crippen LogP contribution >= 0.6 is 67.9 Å². The summed E-state index contributed by atoms with van der Waals surface area (Å²) in [4.78, 5) is 32.7. The first-order valence-electron chi connectivity index (χ1n) is 12.1. The smallest absolute Gasteiger partial charge is 0.338 e. The number of nitrogens with zero attached hydrogens (tertiary/aromatic N) is 3. The molecule has 0 radical (unpaired) electrons. The van der Waals surface area contributed by atoms with Crippen LogP contribution in [0.1, 0.15) is 41.5 Å². The van der Waals surface area contributed by atoms with Crippen LogP contribution in [0.2, 0.25) is 0 Å². The normalized spacial score (nSPS) is 14.9. The van der Waals surface area contributed by atoms with E-state index in [0.29, 0.717) is 26.2 Å². The number of thiazole rings is 1. The van der Waals surface area contributed by atoms with Crippen LogP contribution < -0.4 is 19.6 Å². The first-order chi connectivity index (χ1) is 19.3. The number of allylic oxidation sites excluding steroid dienone is 1. The molecule has 0 bridgehead atoms. The summed E-state index contributed by atoms with van der Waals surface area (Å²) in [5.41, 5.74) is 2.97. The second-order valence-electron chi connectivity index (χ2n) is 8.69. The van der Waals surface area contributed by atoms with Gasteiger partial charge in [0.2, 0.25) is 0 Å². The molecule has 4 aromatic rings. The molecule has 0 unspecified atom stereocenters. The predicted molar refractivity (Wildman–Crippen MR) is 172 cm³/mol. The molecule has 7 nitrogen and oxygen atoms in total. The number of esters is 1. The molecule has 0 N–H and O–H groups in total. The number of fused-ring (bicyclic) bond motifs is 1. The lowest BCUT2D eigenvalue weighted by atomic mass is 10.0. The summed E-state index contributed by atoms with van der Waals surface area (Å²) in [5.74, 6) is 0.258. The summed E-state index contributed by atoms with van der Waals surface area (Å²) in [7, 11) is 0. The third-order valence-electron chi connectivity index (χ3n) is 6.16. The standard InChI is InChI=1S/C29H21I2N3O4S2/c1-3-37-28(36)24-16(2)33-29-34(25(24)22-9-6-10-39-22)27(35)23(40-29)13-17-11-20(30)26(21(31)12-17)38-15-19-8-5-4-7-18(19)14-32/h4-13,25H,3,15H2,1-2H3/b23-13-/t25-/m0/s1. The SMILES string of the molecule is CCOC(=O)C1=C(C)N=c2s/c(=C\c3cc(I)c(OCc4ccccc4C#N)c(I)c3)c(=O)n2[C@H]1c1cccs1. The van der Waals surface area contributed by atoms with Crippen LogP contribution in [0.15, 0.2) is 75.0 Å². The minimum absolute atomic E-state index is 0.213. The molecule has 11 heteroatoms. The van der Waals surface area contributed by atoms with E-state index in [9.17, 15) is 14.9 Å².